The van der Waals surface area contributed by atoms with E-state index in [0.29, 0.717) is 23.6 Å². The summed E-state index contributed by atoms with van der Waals surface area (Å²) in [6, 6.07) is 5.85. The molecule has 0 aliphatic heterocycles. The number of pyridine rings is 1. The number of anilines is 2. The van der Waals surface area contributed by atoms with Gasteiger partial charge in [0.2, 0.25) is 0 Å². The summed E-state index contributed by atoms with van der Waals surface area (Å²) in [6.45, 7) is 2.82. The molecular formula is C13H14N4S. The molecule has 0 saturated carbocycles. The van der Waals surface area contributed by atoms with Gasteiger partial charge in [0.15, 0.2) is 0 Å². The van der Waals surface area contributed by atoms with E-state index in [2.05, 4.69) is 34.7 Å². The third-order valence-corrected chi connectivity index (χ3v) is 3.63. The highest BCUT2D eigenvalue weighted by molar-refractivity contribution is 7.10. The lowest BCUT2D eigenvalue weighted by atomic mass is 10.2. The maximum atomic E-state index is 9.02. The second-order valence-electron chi connectivity index (χ2n) is 3.85. The van der Waals surface area contributed by atoms with Crippen LogP contribution in [-0.4, -0.2) is 4.98 Å². The topological polar surface area (TPSA) is 74.7 Å². The molecule has 0 bridgehead atoms. The predicted octanol–water partition coefficient (Wildman–Crippen LogP) is 2.77. The molecule has 5 heteroatoms. The highest BCUT2D eigenvalue weighted by atomic mass is 32.1. The molecule has 2 rings (SSSR count). The molecule has 2 heterocycles. The second-order valence-corrected chi connectivity index (χ2v) is 4.85. The molecule has 0 fully saturated rings. The SMILES string of the molecule is CCc1ccsc1CNc1ncc(N)cc1C#N. The normalized spacial score (nSPS) is 10.0. The molecule has 0 spiro atoms. The van der Waals surface area contributed by atoms with Crippen LogP contribution in [0.2, 0.25) is 0 Å². The molecule has 2 aromatic heterocycles. The van der Waals surface area contributed by atoms with Crippen molar-refractivity contribution >= 4 is 22.8 Å². The van der Waals surface area contributed by atoms with Crippen molar-refractivity contribution < 1.29 is 0 Å². The van der Waals surface area contributed by atoms with Crippen molar-refractivity contribution in [1.29, 1.82) is 5.26 Å². The van der Waals surface area contributed by atoms with E-state index < -0.39 is 0 Å². The first-order chi connectivity index (χ1) is 8.74. The predicted molar refractivity (Wildman–Crippen MR) is 74.4 cm³/mol. The van der Waals surface area contributed by atoms with Gasteiger partial charge in [-0.2, -0.15) is 5.26 Å². The third-order valence-electron chi connectivity index (χ3n) is 2.66. The zero-order valence-corrected chi connectivity index (χ0v) is 10.9. The lowest BCUT2D eigenvalue weighted by molar-refractivity contribution is 1.06. The number of rotatable bonds is 4. The van der Waals surface area contributed by atoms with Crippen LogP contribution in [0.3, 0.4) is 0 Å². The number of hydrogen-bond acceptors (Lipinski definition) is 5. The van der Waals surface area contributed by atoms with Crippen molar-refractivity contribution in [1.82, 2.24) is 4.98 Å². The summed E-state index contributed by atoms with van der Waals surface area (Å²) < 4.78 is 0. The standard InChI is InChI=1S/C13H14N4S/c1-2-9-3-4-18-12(9)8-17-13-10(6-14)5-11(15)7-16-13/h3-5,7H,2,8,15H2,1H3,(H,16,17). The minimum atomic E-state index is 0.476. The summed E-state index contributed by atoms with van der Waals surface area (Å²) in [7, 11) is 0. The minimum Gasteiger partial charge on any atom is -0.397 e. The average molecular weight is 258 g/mol. The number of nitrogen functional groups attached to an aromatic ring is 1. The van der Waals surface area contributed by atoms with Crippen molar-refractivity contribution in [2.75, 3.05) is 11.1 Å². The first-order valence-electron chi connectivity index (χ1n) is 5.69. The third kappa shape index (κ3) is 2.60. The molecule has 0 aromatic carbocycles. The summed E-state index contributed by atoms with van der Waals surface area (Å²) in [5, 5.41) is 14.3. The van der Waals surface area contributed by atoms with Crippen LogP contribution in [0.25, 0.3) is 0 Å². The van der Waals surface area contributed by atoms with E-state index in [4.69, 9.17) is 11.0 Å². The molecule has 0 aliphatic rings. The van der Waals surface area contributed by atoms with Crippen molar-refractivity contribution in [3.8, 4) is 6.07 Å². The van der Waals surface area contributed by atoms with Gasteiger partial charge in [0.05, 0.1) is 24.0 Å². The van der Waals surface area contributed by atoms with E-state index in [0.717, 1.165) is 6.42 Å². The Kier molecular flexibility index (Phi) is 3.80. The van der Waals surface area contributed by atoms with Crippen LogP contribution in [0.1, 0.15) is 22.9 Å². The minimum absolute atomic E-state index is 0.476. The maximum absolute atomic E-state index is 9.02. The fourth-order valence-corrected chi connectivity index (χ4v) is 2.62. The Labute approximate surface area is 110 Å². The Hall–Kier alpha value is -2.06. The molecule has 2 aromatic rings. The molecular weight excluding hydrogens is 244 g/mol. The Morgan fingerprint density at radius 1 is 1.56 bits per heavy atom. The van der Waals surface area contributed by atoms with Crippen molar-refractivity contribution in [2.24, 2.45) is 0 Å². The number of thiophene rings is 1. The average Bonchev–Trinajstić information content (AvgIpc) is 2.84. The lowest BCUT2D eigenvalue weighted by Crippen LogP contribution is -2.04. The summed E-state index contributed by atoms with van der Waals surface area (Å²) in [5.41, 5.74) is 7.91. The molecule has 0 unspecified atom stereocenters. The van der Waals surface area contributed by atoms with Crippen LogP contribution in [0.5, 0.6) is 0 Å². The van der Waals surface area contributed by atoms with Crippen molar-refractivity contribution in [2.45, 2.75) is 19.9 Å². The molecule has 0 amide bonds. The van der Waals surface area contributed by atoms with Gasteiger partial charge in [-0.15, -0.1) is 11.3 Å². The Morgan fingerprint density at radius 2 is 2.39 bits per heavy atom. The van der Waals surface area contributed by atoms with Crippen LogP contribution >= 0.6 is 11.3 Å². The summed E-state index contributed by atoms with van der Waals surface area (Å²) in [6.07, 6.45) is 2.57. The van der Waals surface area contributed by atoms with Crippen LogP contribution in [0.4, 0.5) is 11.5 Å². The summed E-state index contributed by atoms with van der Waals surface area (Å²) in [5.74, 6) is 0.585. The zero-order valence-electron chi connectivity index (χ0n) is 10.1. The highest BCUT2D eigenvalue weighted by Gasteiger charge is 2.06. The van der Waals surface area contributed by atoms with Gasteiger partial charge in [0.1, 0.15) is 11.9 Å². The van der Waals surface area contributed by atoms with Gasteiger partial charge < -0.3 is 11.1 Å². The first kappa shape index (κ1) is 12.4. The monoisotopic (exact) mass is 258 g/mol. The molecule has 18 heavy (non-hydrogen) atoms. The zero-order chi connectivity index (χ0) is 13.0. The molecule has 92 valence electrons. The Balaban J connectivity index is 2.14. The smallest absolute Gasteiger partial charge is 0.144 e. The largest absolute Gasteiger partial charge is 0.397 e. The number of hydrogen-bond donors (Lipinski definition) is 2. The van der Waals surface area contributed by atoms with Crippen LogP contribution in [0.15, 0.2) is 23.7 Å². The number of aryl methyl sites for hydroxylation is 1. The van der Waals surface area contributed by atoms with Gasteiger partial charge in [-0.25, -0.2) is 4.98 Å². The number of nitrogens with two attached hydrogens (primary N) is 1. The molecule has 3 N–H and O–H groups in total. The molecule has 0 aliphatic carbocycles. The van der Waals surface area contributed by atoms with Crippen molar-refractivity contribution in [3.05, 3.63) is 39.7 Å². The molecule has 4 nitrogen and oxygen atoms in total. The van der Waals surface area contributed by atoms with Gasteiger partial charge in [0.25, 0.3) is 0 Å². The van der Waals surface area contributed by atoms with E-state index in [1.54, 1.807) is 23.6 Å². The maximum Gasteiger partial charge on any atom is 0.144 e. The van der Waals surface area contributed by atoms with Crippen LogP contribution in [0, 0.1) is 11.3 Å². The highest BCUT2D eigenvalue weighted by Crippen LogP contribution is 2.20. The molecule has 0 atom stereocenters. The number of aromatic nitrogens is 1. The Morgan fingerprint density at radius 3 is 3.11 bits per heavy atom. The van der Waals surface area contributed by atoms with Crippen LogP contribution < -0.4 is 11.1 Å². The van der Waals surface area contributed by atoms with Gasteiger partial charge in [-0.3, -0.25) is 0 Å². The quantitative estimate of drug-likeness (QED) is 0.884. The first-order valence-corrected chi connectivity index (χ1v) is 6.57. The number of nitriles is 1. The van der Waals surface area contributed by atoms with Gasteiger partial charge in [-0.05, 0) is 29.5 Å². The van der Waals surface area contributed by atoms with Gasteiger partial charge >= 0.3 is 0 Å². The fraction of sp³-hybridized carbons (Fsp3) is 0.231. The van der Waals surface area contributed by atoms with E-state index in [-0.39, 0.29) is 0 Å². The molecule has 0 saturated heterocycles. The van der Waals surface area contributed by atoms with E-state index in [1.807, 2.05) is 0 Å². The fourth-order valence-electron chi connectivity index (χ4n) is 1.71. The van der Waals surface area contributed by atoms with E-state index >= 15 is 0 Å². The number of nitrogens with one attached hydrogen (secondary N) is 1. The summed E-state index contributed by atoms with van der Waals surface area (Å²) >= 11 is 1.71. The Bertz CT molecular complexity index is 583. The van der Waals surface area contributed by atoms with Crippen LogP contribution in [-0.2, 0) is 13.0 Å². The second kappa shape index (κ2) is 5.52. The van der Waals surface area contributed by atoms with Crippen molar-refractivity contribution in [3.63, 3.8) is 0 Å². The van der Waals surface area contributed by atoms with Gasteiger partial charge in [0, 0.05) is 4.88 Å². The van der Waals surface area contributed by atoms with E-state index in [1.165, 1.54) is 10.4 Å². The van der Waals surface area contributed by atoms with E-state index in [9.17, 15) is 0 Å². The summed E-state index contributed by atoms with van der Waals surface area (Å²) in [4.78, 5) is 5.43. The molecule has 0 radical (unpaired) electrons. The number of nitrogens with zero attached hydrogens (tertiary/aromatic N) is 2. The lowest BCUT2D eigenvalue weighted by Gasteiger charge is -2.07. The van der Waals surface area contributed by atoms with Gasteiger partial charge in [-0.1, -0.05) is 6.92 Å².